The van der Waals surface area contributed by atoms with Gasteiger partial charge in [0.05, 0.1) is 11.7 Å². The molecular formula is C6H7BrN2O. The number of halogens is 1. The molecule has 0 amide bonds. The van der Waals surface area contributed by atoms with Crippen LogP contribution in [0.4, 0.5) is 0 Å². The summed E-state index contributed by atoms with van der Waals surface area (Å²) in [4.78, 5) is 17.6. The maximum atomic E-state index is 11.0. The fraction of sp³-hybridized carbons (Fsp3) is 0.333. The number of nitrogens with zero attached hydrogens (tertiary/aromatic N) is 1. The van der Waals surface area contributed by atoms with Gasteiger partial charge in [0, 0.05) is 5.69 Å². The summed E-state index contributed by atoms with van der Waals surface area (Å²) >= 11 is 3.07. The lowest BCUT2D eigenvalue weighted by molar-refractivity contribution is 0.101. The first-order valence-electron chi connectivity index (χ1n) is 2.85. The number of Topliss-reactive ketones (excluding diaryl/α,β-unsaturated/α-hetero) is 1. The molecule has 0 aromatic carbocycles. The van der Waals surface area contributed by atoms with Crippen molar-refractivity contribution in [3.8, 4) is 0 Å². The van der Waals surface area contributed by atoms with E-state index in [1.807, 2.05) is 6.92 Å². The fourth-order valence-corrected chi connectivity index (χ4v) is 0.969. The summed E-state index contributed by atoms with van der Waals surface area (Å²) in [5.74, 6) is 0.0127. The summed E-state index contributed by atoms with van der Waals surface area (Å²) in [6.45, 7) is 1.82. The molecule has 10 heavy (non-hydrogen) atoms. The van der Waals surface area contributed by atoms with E-state index in [0.717, 1.165) is 5.69 Å². The summed E-state index contributed by atoms with van der Waals surface area (Å²) in [6.07, 6.45) is 1.52. The molecular weight excluding hydrogens is 196 g/mol. The third-order valence-electron chi connectivity index (χ3n) is 1.22. The largest absolute Gasteiger partial charge is 0.348 e. The highest BCUT2D eigenvalue weighted by Crippen LogP contribution is 2.02. The van der Waals surface area contributed by atoms with Crippen molar-refractivity contribution in [3.63, 3.8) is 0 Å². The van der Waals surface area contributed by atoms with Gasteiger partial charge in [-0.15, -0.1) is 0 Å². The molecule has 1 heterocycles. The topological polar surface area (TPSA) is 45.8 Å². The van der Waals surface area contributed by atoms with E-state index in [2.05, 4.69) is 25.9 Å². The SMILES string of the molecule is Cc1[nH]cnc1C(=O)CBr. The highest BCUT2D eigenvalue weighted by atomic mass is 79.9. The zero-order chi connectivity index (χ0) is 7.56. The van der Waals surface area contributed by atoms with Gasteiger partial charge < -0.3 is 4.98 Å². The zero-order valence-corrected chi connectivity index (χ0v) is 7.10. The number of ketones is 1. The second kappa shape index (κ2) is 2.96. The third-order valence-corrected chi connectivity index (χ3v) is 1.72. The summed E-state index contributed by atoms with van der Waals surface area (Å²) < 4.78 is 0. The van der Waals surface area contributed by atoms with Crippen LogP contribution in [-0.4, -0.2) is 21.1 Å². The first-order chi connectivity index (χ1) is 4.75. The molecule has 0 aliphatic rings. The van der Waals surface area contributed by atoms with E-state index in [0.29, 0.717) is 11.0 Å². The Bertz CT molecular complexity index is 244. The highest BCUT2D eigenvalue weighted by Gasteiger charge is 2.08. The lowest BCUT2D eigenvalue weighted by atomic mass is 10.3. The molecule has 0 saturated carbocycles. The van der Waals surface area contributed by atoms with Gasteiger partial charge in [-0.05, 0) is 6.92 Å². The Morgan fingerprint density at radius 2 is 2.60 bits per heavy atom. The van der Waals surface area contributed by atoms with Gasteiger partial charge in [-0.2, -0.15) is 0 Å². The molecule has 1 aromatic heterocycles. The van der Waals surface area contributed by atoms with Gasteiger partial charge in [-0.25, -0.2) is 4.98 Å². The number of aryl methyl sites for hydroxylation is 1. The summed E-state index contributed by atoms with van der Waals surface area (Å²) in [6, 6.07) is 0. The van der Waals surface area contributed by atoms with E-state index in [1.54, 1.807) is 0 Å². The number of imidazole rings is 1. The first-order valence-corrected chi connectivity index (χ1v) is 3.97. The van der Waals surface area contributed by atoms with Crippen LogP contribution in [0.5, 0.6) is 0 Å². The Labute approximate surface area is 67.0 Å². The van der Waals surface area contributed by atoms with E-state index >= 15 is 0 Å². The van der Waals surface area contributed by atoms with Crippen LogP contribution < -0.4 is 0 Å². The lowest BCUT2D eigenvalue weighted by Gasteiger charge is -1.89. The number of hydrogen-bond acceptors (Lipinski definition) is 2. The van der Waals surface area contributed by atoms with Crippen molar-refractivity contribution < 1.29 is 4.79 Å². The quantitative estimate of drug-likeness (QED) is 0.581. The van der Waals surface area contributed by atoms with Gasteiger partial charge in [0.2, 0.25) is 0 Å². The normalized spacial score (nSPS) is 9.80. The number of carbonyl (C=O) groups excluding carboxylic acids is 1. The fourth-order valence-electron chi connectivity index (χ4n) is 0.703. The molecule has 0 spiro atoms. The van der Waals surface area contributed by atoms with Crippen molar-refractivity contribution in [1.82, 2.24) is 9.97 Å². The van der Waals surface area contributed by atoms with Gasteiger partial charge >= 0.3 is 0 Å². The number of rotatable bonds is 2. The molecule has 0 fully saturated rings. The molecule has 0 atom stereocenters. The van der Waals surface area contributed by atoms with Gasteiger partial charge in [0.25, 0.3) is 0 Å². The van der Waals surface area contributed by atoms with E-state index in [1.165, 1.54) is 6.33 Å². The van der Waals surface area contributed by atoms with Crippen LogP contribution in [0.15, 0.2) is 6.33 Å². The standard InChI is InChI=1S/C6H7BrN2O/c1-4-6(5(10)2-7)9-3-8-4/h3H,2H2,1H3,(H,8,9). The number of alkyl halides is 1. The molecule has 0 bridgehead atoms. The van der Waals surface area contributed by atoms with Crippen molar-refractivity contribution >= 4 is 21.7 Å². The Kier molecular flexibility index (Phi) is 2.21. The maximum Gasteiger partial charge on any atom is 0.193 e. The monoisotopic (exact) mass is 202 g/mol. The van der Waals surface area contributed by atoms with Crippen LogP contribution in [-0.2, 0) is 0 Å². The van der Waals surface area contributed by atoms with Gasteiger partial charge in [0.1, 0.15) is 5.69 Å². The third kappa shape index (κ3) is 1.26. The van der Waals surface area contributed by atoms with E-state index in [4.69, 9.17) is 0 Å². The van der Waals surface area contributed by atoms with Crippen molar-refractivity contribution in [1.29, 1.82) is 0 Å². The van der Waals surface area contributed by atoms with E-state index in [9.17, 15) is 4.79 Å². The molecule has 0 unspecified atom stereocenters. The Morgan fingerprint density at radius 3 is 3.00 bits per heavy atom. The molecule has 0 aliphatic heterocycles. The average molecular weight is 203 g/mol. The molecule has 1 aromatic rings. The smallest absolute Gasteiger partial charge is 0.193 e. The Hall–Kier alpha value is -0.640. The number of hydrogen-bond donors (Lipinski definition) is 1. The predicted molar refractivity (Wildman–Crippen MR) is 41.4 cm³/mol. The van der Waals surface area contributed by atoms with E-state index in [-0.39, 0.29) is 5.78 Å². The molecule has 54 valence electrons. The number of nitrogens with one attached hydrogen (secondary N) is 1. The van der Waals surface area contributed by atoms with Crippen molar-refractivity contribution in [2.45, 2.75) is 6.92 Å². The van der Waals surface area contributed by atoms with Crippen LogP contribution in [0.25, 0.3) is 0 Å². The summed E-state index contributed by atoms with van der Waals surface area (Å²) in [5.41, 5.74) is 1.35. The van der Waals surface area contributed by atoms with Crippen molar-refractivity contribution in [2.75, 3.05) is 5.33 Å². The summed E-state index contributed by atoms with van der Waals surface area (Å²) in [5, 5.41) is 0.332. The predicted octanol–water partition coefficient (Wildman–Crippen LogP) is 1.30. The van der Waals surface area contributed by atoms with Crippen LogP contribution in [0.2, 0.25) is 0 Å². The molecule has 0 radical (unpaired) electrons. The second-order valence-corrected chi connectivity index (χ2v) is 2.49. The first kappa shape index (κ1) is 7.47. The number of aromatic nitrogens is 2. The minimum absolute atomic E-state index is 0.0127. The van der Waals surface area contributed by atoms with Gasteiger partial charge in [0.15, 0.2) is 5.78 Å². The molecule has 3 nitrogen and oxygen atoms in total. The maximum absolute atomic E-state index is 11.0. The zero-order valence-electron chi connectivity index (χ0n) is 5.52. The Balaban J connectivity index is 2.93. The van der Waals surface area contributed by atoms with Crippen LogP contribution in [0, 0.1) is 6.92 Å². The molecule has 1 N–H and O–H groups in total. The highest BCUT2D eigenvalue weighted by molar-refractivity contribution is 9.09. The molecule has 4 heteroatoms. The number of carbonyl (C=O) groups is 1. The van der Waals surface area contributed by atoms with Crippen LogP contribution in [0.3, 0.4) is 0 Å². The van der Waals surface area contributed by atoms with Crippen LogP contribution >= 0.6 is 15.9 Å². The minimum Gasteiger partial charge on any atom is -0.348 e. The summed E-state index contributed by atoms with van der Waals surface area (Å²) in [7, 11) is 0. The van der Waals surface area contributed by atoms with Crippen molar-refractivity contribution in [3.05, 3.63) is 17.7 Å². The number of H-pyrrole nitrogens is 1. The lowest BCUT2D eigenvalue weighted by Crippen LogP contribution is -2.01. The minimum atomic E-state index is 0.0127. The molecule has 0 saturated heterocycles. The van der Waals surface area contributed by atoms with Crippen molar-refractivity contribution in [2.24, 2.45) is 0 Å². The molecule has 0 aliphatic carbocycles. The average Bonchev–Trinajstić information content (AvgIpc) is 2.34. The second-order valence-electron chi connectivity index (χ2n) is 1.93. The van der Waals surface area contributed by atoms with E-state index < -0.39 is 0 Å². The Morgan fingerprint density at radius 1 is 1.90 bits per heavy atom. The van der Waals surface area contributed by atoms with Crippen LogP contribution in [0.1, 0.15) is 16.2 Å². The van der Waals surface area contributed by atoms with Gasteiger partial charge in [-0.3, -0.25) is 4.79 Å². The van der Waals surface area contributed by atoms with Gasteiger partial charge in [-0.1, -0.05) is 15.9 Å². The number of aromatic amines is 1. The molecule has 1 rings (SSSR count).